The number of carbonyl (C=O) groups is 3. The van der Waals surface area contributed by atoms with E-state index in [0.717, 1.165) is 11.1 Å². The van der Waals surface area contributed by atoms with Crippen molar-refractivity contribution in [2.75, 3.05) is 5.32 Å². The first-order valence-electron chi connectivity index (χ1n) is 8.11. The van der Waals surface area contributed by atoms with Crippen LogP contribution in [-0.2, 0) is 22.4 Å². The van der Waals surface area contributed by atoms with Gasteiger partial charge in [-0.1, -0.05) is 24.3 Å². The second-order valence-electron chi connectivity index (χ2n) is 6.57. The molecule has 5 nitrogen and oxygen atoms in total. The van der Waals surface area contributed by atoms with Gasteiger partial charge in [0.2, 0.25) is 5.91 Å². The maximum atomic E-state index is 12.4. The Hall–Kier alpha value is -2.95. The molecule has 2 aromatic rings. The summed E-state index contributed by atoms with van der Waals surface area (Å²) in [5.41, 5.74) is 1.98. The Bertz CT molecular complexity index is 814. The smallest absolute Gasteiger partial charge is 0.310 e. The van der Waals surface area contributed by atoms with Crippen LogP contribution in [0.1, 0.15) is 34.8 Å². The zero-order chi connectivity index (χ0) is 18.0. The van der Waals surface area contributed by atoms with Crippen LogP contribution in [0, 0.1) is 5.41 Å². The molecular formula is C20H19NO4. The molecule has 3 rings (SSSR count). The third-order valence-corrected chi connectivity index (χ3v) is 4.70. The van der Waals surface area contributed by atoms with E-state index >= 15 is 0 Å². The van der Waals surface area contributed by atoms with Gasteiger partial charge in [-0.3, -0.25) is 14.4 Å². The van der Waals surface area contributed by atoms with E-state index in [1.165, 1.54) is 6.92 Å². The molecule has 0 unspecified atom stereocenters. The van der Waals surface area contributed by atoms with E-state index in [2.05, 4.69) is 5.32 Å². The SMILES string of the molecule is CC(=O)c1ccc(NC(=O)CC2(C(=O)O)Cc3ccccc3C2)cc1. The minimum Gasteiger partial charge on any atom is -0.481 e. The lowest BCUT2D eigenvalue weighted by Crippen LogP contribution is -2.36. The number of carboxylic acids is 1. The molecule has 0 bridgehead atoms. The minimum absolute atomic E-state index is 0.0496. The van der Waals surface area contributed by atoms with Crippen LogP contribution in [0.4, 0.5) is 5.69 Å². The number of aliphatic carboxylic acids is 1. The van der Waals surface area contributed by atoms with Gasteiger partial charge in [-0.2, -0.15) is 0 Å². The predicted molar refractivity (Wildman–Crippen MR) is 93.6 cm³/mol. The van der Waals surface area contributed by atoms with E-state index in [9.17, 15) is 19.5 Å². The third kappa shape index (κ3) is 3.45. The molecule has 0 spiro atoms. The van der Waals surface area contributed by atoms with Gasteiger partial charge in [-0.25, -0.2) is 0 Å². The molecule has 2 N–H and O–H groups in total. The van der Waals surface area contributed by atoms with E-state index in [0.29, 0.717) is 24.1 Å². The van der Waals surface area contributed by atoms with Crippen LogP contribution >= 0.6 is 0 Å². The summed E-state index contributed by atoms with van der Waals surface area (Å²) in [5, 5.41) is 12.5. The number of fused-ring (bicyclic) bond motifs is 1. The second kappa shape index (κ2) is 6.51. The first-order chi connectivity index (χ1) is 11.9. The summed E-state index contributed by atoms with van der Waals surface area (Å²) in [4.78, 5) is 35.6. The van der Waals surface area contributed by atoms with Crippen molar-refractivity contribution in [1.82, 2.24) is 0 Å². The summed E-state index contributed by atoms with van der Waals surface area (Å²) in [6.07, 6.45) is 0.621. The Kier molecular flexibility index (Phi) is 4.40. The summed E-state index contributed by atoms with van der Waals surface area (Å²) in [6.45, 7) is 1.47. The third-order valence-electron chi connectivity index (χ3n) is 4.70. The maximum absolute atomic E-state index is 12.4. The molecule has 1 amide bonds. The number of carbonyl (C=O) groups excluding carboxylic acids is 2. The average Bonchev–Trinajstić information content (AvgIpc) is 2.94. The van der Waals surface area contributed by atoms with Gasteiger partial charge in [-0.05, 0) is 55.2 Å². The largest absolute Gasteiger partial charge is 0.481 e. The number of carboxylic acid groups (broad SMARTS) is 1. The van der Waals surface area contributed by atoms with E-state index < -0.39 is 11.4 Å². The minimum atomic E-state index is -1.10. The molecule has 5 heteroatoms. The van der Waals surface area contributed by atoms with Crippen molar-refractivity contribution in [2.45, 2.75) is 26.2 Å². The van der Waals surface area contributed by atoms with Gasteiger partial charge in [0.05, 0.1) is 5.41 Å². The number of anilines is 1. The lowest BCUT2D eigenvalue weighted by atomic mass is 9.81. The maximum Gasteiger partial charge on any atom is 0.310 e. The molecule has 1 aliphatic rings. The molecule has 0 radical (unpaired) electrons. The number of nitrogens with one attached hydrogen (secondary N) is 1. The van der Waals surface area contributed by atoms with E-state index in [1.807, 2.05) is 24.3 Å². The highest BCUT2D eigenvalue weighted by atomic mass is 16.4. The van der Waals surface area contributed by atoms with Crippen LogP contribution < -0.4 is 5.32 Å². The second-order valence-corrected chi connectivity index (χ2v) is 6.57. The fourth-order valence-electron chi connectivity index (χ4n) is 3.35. The molecule has 0 saturated carbocycles. The molecule has 0 atom stereocenters. The molecule has 128 valence electrons. The summed E-state index contributed by atoms with van der Waals surface area (Å²) in [7, 11) is 0. The van der Waals surface area contributed by atoms with Crippen LogP contribution in [0.2, 0.25) is 0 Å². The van der Waals surface area contributed by atoms with Gasteiger partial charge < -0.3 is 10.4 Å². The zero-order valence-corrected chi connectivity index (χ0v) is 13.9. The van der Waals surface area contributed by atoms with Gasteiger partial charge in [0.25, 0.3) is 0 Å². The van der Waals surface area contributed by atoms with E-state index in [4.69, 9.17) is 0 Å². The summed E-state index contributed by atoms with van der Waals surface area (Å²) >= 11 is 0. The zero-order valence-electron chi connectivity index (χ0n) is 13.9. The fraction of sp³-hybridized carbons (Fsp3) is 0.250. The monoisotopic (exact) mass is 337 g/mol. The number of ketones is 1. The average molecular weight is 337 g/mol. The van der Waals surface area contributed by atoms with Crippen LogP contribution in [0.15, 0.2) is 48.5 Å². The molecule has 25 heavy (non-hydrogen) atoms. The highest BCUT2D eigenvalue weighted by Gasteiger charge is 2.45. The van der Waals surface area contributed by atoms with Crippen molar-refractivity contribution in [3.8, 4) is 0 Å². The van der Waals surface area contributed by atoms with Crippen molar-refractivity contribution in [1.29, 1.82) is 0 Å². The van der Waals surface area contributed by atoms with Crippen molar-refractivity contribution in [3.63, 3.8) is 0 Å². The number of benzene rings is 2. The van der Waals surface area contributed by atoms with Gasteiger partial charge in [0.1, 0.15) is 0 Å². The van der Waals surface area contributed by atoms with Gasteiger partial charge in [0.15, 0.2) is 5.78 Å². The molecule has 0 aliphatic heterocycles. The Morgan fingerprint density at radius 1 is 1.00 bits per heavy atom. The van der Waals surface area contributed by atoms with Gasteiger partial charge in [-0.15, -0.1) is 0 Å². The normalized spacial score (nSPS) is 14.6. The number of rotatable bonds is 5. The van der Waals surface area contributed by atoms with Crippen LogP contribution in [0.25, 0.3) is 0 Å². The van der Waals surface area contributed by atoms with Crippen LogP contribution in [-0.4, -0.2) is 22.8 Å². The van der Waals surface area contributed by atoms with Gasteiger partial charge in [0, 0.05) is 17.7 Å². The standard InChI is InChI=1S/C20H19NO4/c1-13(22)14-6-8-17(9-7-14)21-18(23)12-20(19(24)25)10-15-4-2-3-5-16(15)11-20/h2-9H,10-12H2,1H3,(H,21,23)(H,24,25). The first-order valence-corrected chi connectivity index (χ1v) is 8.11. The summed E-state index contributed by atoms with van der Waals surface area (Å²) in [5.74, 6) is -1.34. The number of hydrogen-bond acceptors (Lipinski definition) is 3. The fourth-order valence-corrected chi connectivity index (χ4v) is 3.35. The molecule has 0 fully saturated rings. The lowest BCUT2D eigenvalue weighted by molar-refractivity contribution is -0.150. The Morgan fingerprint density at radius 3 is 2.04 bits per heavy atom. The van der Waals surface area contributed by atoms with Crippen molar-refractivity contribution < 1.29 is 19.5 Å². The topological polar surface area (TPSA) is 83.5 Å². The molecular weight excluding hydrogens is 318 g/mol. The van der Waals surface area contributed by atoms with Crippen molar-refractivity contribution in [3.05, 3.63) is 65.2 Å². The van der Waals surface area contributed by atoms with E-state index in [1.54, 1.807) is 24.3 Å². The number of Topliss-reactive ketones (excluding diaryl/α,β-unsaturated/α-hetero) is 1. The molecule has 0 heterocycles. The van der Waals surface area contributed by atoms with Crippen molar-refractivity contribution >= 4 is 23.3 Å². The van der Waals surface area contributed by atoms with Crippen molar-refractivity contribution in [2.24, 2.45) is 5.41 Å². The van der Waals surface area contributed by atoms with Gasteiger partial charge >= 0.3 is 5.97 Å². The number of amides is 1. The highest BCUT2D eigenvalue weighted by Crippen LogP contribution is 2.40. The predicted octanol–water partition coefficient (Wildman–Crippen LogP) is 3.09. The highest BCUT2D eigenvalue weighted by molar-refractivity contribution is 5.97. The summed E-state index contributed by atoms with van der Waals surface area (Å²) < 4.78 is 0. The Labute approximate surface area is 145 Å². The lowest BCUT2D eigenvalue weighted by Gasteiger charge is -2.23. The van der Waals surface area contributed by atoms with Crippen LogP contribution in [0.5, 0.6) is 0 Å². The quantitative estimate of drug-likeness (QED) is 0.821. The molecule has 0 aromatic heterocycles. The number of hydrogen-bond donors (Lipinski definition) is 2. The molecule has 0 saturated heterocycles. The first kappa shape index (κ1) is 16.9. The Morgan fingerprint density at radius 2 is 1.56 bits per heavy atom. The Balaban J connectivity index is 1.72. The molecule has 1 aliphatic carbocycles. The van der Waals surface area contributed by atoms with E-state index in [-0.39, 0.29) is 18.1 Å². The summed E-state index contributed by atoms with van der Waals surface area (Å²) in [6, 6.07) is 14.2. The van der Waals surface area contributed by atoms with Crippen LogP contribution in [0.3, 0.4) is 0 Å². The molecule has 2 aromatic carbocycles.